The van der Waals surface area contributed by atoms with Gasteiger partial charge in [-0.1, -0.05) is 0 Å². The Morgan fingerprint density at radius 3 is 2.44 bits per heavy atom. The average Bonchev–Trinajstić information content (AvgIpc) is 1.69. The van der Waals surface area contributed by atoms with Gasteiger partial charge in [-0.3, -0.25) is 0 Å². The molecule has 0 aliphatic rings. The van der Waals surface area contributed by atoms with Gasteiger partial charge < -0.3 is 13.0 Å². The third-order valence-electron chi connectivity index (χ3n) is 0.835. The van der Waals surface area contributed by atoms with Gasteiger partial charge in [-0.05, 0) is 26.1 Å². The van der Waals surface area contributed by atoms with Gasteiger partial charge in [0.2, 0.25) is 0 Å². The van der Waals surface area contributed by atoms with Crippen molar-refractivity contribution < 1.29 is 66.8 Å². The van der Waals surface area contributed by atoms with E-state index in [0.717, 1.165) is 19.0 Å². The molecule has 0 radical (unpaired) electrons. The SMILES string of the molecule is CNCCC[SiH2]O.[H-].[H-].[Na+].[Na+]. The molecular formula is C4H15NNa2OSi. The Morgan fingerprint density at radius 1 is 1.56 bits per heavy atom. The summed E-state index contributed by atoms with van der Waals surface area (Å²) in [6, 6.07) is 1.06. The maximum atomic E-state index is 8.40. The van der Waals surface area contributed by atoms with E-state index in [9.17, 15) is 0 Å². The molecule has 2 nitrogen and oxygen atoms in total. The summed E-state index contributed by atoms with van der Waals surface area (Å²) in [4.78, 5) is 8.40. The second-order valence-corrected chi connectivity index (χ2v) is 2.69. The maximum Gasteiger partial charge on any atom is 1.00 e. The summed E-state index contributed by atoms with van der Waals surface area (Å²) in [6.45, 7) is 1.05. The van der Waals surface area contributed by atoms with Gasteiger partial charge >= 0.3 is 59.1 Å². The molecule has 0 aromatic heterocycles. The molecule has 0 unspecified atom stereocenters. The van der Waals surface area contributed by atoms with Crippen molar-refractivity contribution >= 4 is 9.76 Å². The number of rotatable bonds is 4. The Morgan fingerprint density at radius 2 is 2.11 bits per heavy atom. The first-order valence-corrected chi connectivity index (χ1v) is 4.30. The van der Waals surface area contributed by atoms with Crippen LogP contribution in [0.4, 0.5) is 0 Å². The normalized spacial score (nSPS) is 8.67. The summed E-state index contributed by atoms with van der Waals surface area (Å²) in [5.41, 5.74) is 0. The summed E-state index contributed by atoms with van der Waals surface area (Å²) < 4.78 is 0. The van der Waals surface area contributed by atoms with E-state index in [-0.39, 0.29) is 62.0 Å². The summed E-state index contributed by atoms with van der Waals surface area (Å²) in [7, 11) is 1.28. The van der Waals surface area contributed by atoms with E-state index in [1.165, 1.54) is 0 Å². The Balaban J connectivity index is -0.0000000300. The summed E-state index contributed by atoms with van der Waals surface area (Å²) in [5, 5.41) is 3.01. The van der Waals surface area contributed by atoms with Crippen LogP contribution in [-0.4, -0.2) is 28.2 Å². The molecule has 48 valence electrons. The first-order chi connectivity index (χ1) is 3.41. The second-order valence-electron chi connectivity index (χ2n) is 1.53. The molecule has 0 fully saturated rings. The fourth-order valence-corrected chi connectivity index (χ4v) is 0.887. The largest absolute Gasteiger partial charge is 1.00 e. The van der Waals surface area contributed by atoms with Crippen molar-refractivity contribution in [1.82, 2.24) is 5.32 Å². The van der Waals surface area contributed by atoms with Crippen LogP contribution in [0.25, 0.3) is 0 Å². The topological polar surface area (TPSA) is 32.3 Å². The molecular weight excluding hydrogens is 152 g/mol. The third-order valence-corrected chi connectivity index (χ3v) is 1.65. The smallest absolute Gasteiger partial charge is 1.00 e. The fourth-order valence-electron chi connectivity index (χ4n) is 0.414. The van der Waals surface area contributed by atoms with Crippen molar-refractivity contribution in [1.29, 1.82) is 0 Å². The first kappa shape index (κ1) is 17.3. The van der Waals surface area contributed by atoms with Crippen LogP contribution in [0.3, 0.4) is 0 Å². The van der Waals surface area contributed by atoms with Gasteiger partial charge in [0.25, 0.3) is 0 Å². The van der Waals surface area contributed by atoms with Gasteiger partial charge in [0.05, 0.1) is 0 Å². The number of hydrogen-bond acceptors (Lipinski definition) is 2. The molecule has 0 atom stereocenters. The van der Waals surface area contributed by atoms with Crippen LogP contribution in [-0.2, 0) is 0 Å². The first-order valence-electron chi connectivity index (χ1n) is 2.67. The van der Waals surface area contributed by atoms with E-state index in [4.69, 9.17) is 4.80 Å². The third kappa shape index (κ3) is 17.8. The van der Waals surface area contributed by atoms with Crippen LogP contribution < -0.4 is 64.4 Å². The van der Waals surface area contributed by atoms with E-state index < -0.39 is 9.76 Å². The minimum Gasteiger partial charge on any atom is -1.00 e. The van der Waals surface area contributed by atoms with Gasteiger partial charge in [0.1, 0.15) is 0 Å². The second kappa shape index (κ2) is 16.6. The summed E-state index contributed by atoms with van der Waals surface area (Å²) in [5.74, 6) is 0. The molecule has 0 spiro atoms. The molecule has 0 aromatic rings. The average molecular weight is 167 g/mol. The van der Waals surface area contributed by atoms with Gasteiger partial charge in [0, 0.05) is 0 Å². The van der Waals surface area contributed by atoms with Crippen molar-refractivity contribution in [2.75, 3.05) is 13.6 Å². The molecule has 0 aromatic carbocycles. The van der Waals surface area contributed by atoms with Crippen LogP contribution in [0.1, 0.15) is 9.27 Å². The number of nitrogens with one attached hydrogen (secondary N) is 1. The van der Waals surface area contributed by atoms with Crippen LogP contribution in [0.2, 0.25) is 6.04 Å². The minimum atomic E-state index is -0.646. The minimum absolute atomic E-state index is 0. The Hall–Kier alpha value is 2.14. The predicted octanol–water partition coefficient (Wildman–Crippen LogP) is -6.68. The van der Waals surface area contributed by atoms with Gasteiger partial charge in [-0.2, -0.15) is 0 Å². The van der Waals surface area contributed by atoms with Gasteiger partial charge in [-0.25, -0.2) is 0 Å². The fraction of sp³-hybridized carbons (Fsp3) is 1.00. The maximum absolute atomic E-state index is 8.40. The molecule has 0 amide bonds. The van der Waals surface area contributed by atoms with E-state index in [0.29, 0.717) is 0 Å². The van der Waals surface area contributed by atoms with E-state index in [1.807, 2.05) is 7.05 Å². The Kier molecular flexibility index (Phi) is 31.9. The Bertz CT molecular complexity index is 45.3. The van der Waals surface area contributed by atoms with Gasteiger partial charge in [0.15, 0.2) is 9.76 Å². The molecule has 0 saturated carbocycles. The van der Waals surface area contributed by atoms with Crippen molar-refractivity contribution in [2.45, 2.75) is 12.5 Å². The molecule has 0 rings (SSSR count). The zero-order valence-electron chi connectivity index (χ0n) is 8.78. The van der Waals surface area contributed by atoms with Crippen molar-refractivity contribution in [3.8, 4) is 0 Å². The monoisotopic (exact) mass is 167 g/mol. The van der Waals surface area contributed by atoms with Crippen LogP contribution in [0.15, 0.2) is 0 Å². The molecule has 9 heavy (non-hydrogen) atoms. The van der Waals surface area contributed by atoms with E-state index >= 15 is 0 Å². The molecule has 5 heteroatoms. The molecule has 0 heterocycles. The van der Waals surface area contributed by atoms with E-state index in [1.54, 1.807) is 0 Å². The van der Waals surface area contributed by atoms with Crippen molar-refractivity contribution in [3.63, 3.8) is 0 Å². The Labute approximate surface area is 107 Å². The van der Waals surface area contributed by atoms with Crippen LogP contribution in [0, 0.1) is 0 Å². The molecule has 2 N–H and O–H groups in total. The summed E-state index contributed by atoms with van der Waals surface area (Å²) in [6.07, 6.45) is 1.14. The molecule has 0 bridgehead atoms. The number of hydrogen-bond donors (Lipinski definition) is 2. The van der Waals surface area contributed by atoms with Crippen LogP contribution >= 0.6 is 0 Å². The zero-order chi connectivity index (χ0) is 5.54. The summed E-state index contributed by atoms with van der Waals surface area (Å²) >= 11 is 0. The quantitative estimate of drug-likeness (QED) is 0.322. The molecule has 0 aliphatic heterocycles. The molecule has 0 saturated heterocycles. The zero-order valence-corrected chi connectivity index (χ0v) is 12.2. The van der Waals surface area contributed by atoms with Gasteiger partial charge in [-0.15, -0.1) is 0 Å². The molecule has 0 aliphatic carbocycles. The van der Waals surface area contributed by atoms with Crippen LogP contribution in [0.5, 0.6) is 0 Å². The standard InChI is InChI=1S/C4H13NOSi.2Na.2H/c1-5-3-2-4-7-6;;;;/h5-6H,2-4,7H2,1H3;;;;/q;2*+1;2*-1. The predicted molar refractivity (Wildman–Crippen MR) is 36.3 cm³/mol. The van der Waals surface area contributed by atoms with Crippen molar-refractivity contribution in [3.05, 3.63) is 0 Å². The van der Waals surface area contributed by atoms with Crippen molar-refractivity contribution in [2.24, 2.45) is 0 Å². The van der Waals surface area contributed by atoms with E-state index in [2.05, 4.69) is 5.32 Å².